The fourth-order valence-corrected chi connectivity index (χ4v) is 1.57. The average Bonchev–Trinajstić information content (AvgIpc) is 2.93. The zero-order chi connectivity index (χ0) is 15.2. The van der Waals surface area contributed by atoms with Gasteiger partial charge in [0, 0.05) is 19.3 Å². The minimum Gasteiger partial charge on any atom is -0.477 e. The Morgan fingerprint density at radius 3 is 2.76 bits per heavy atom. The van der Waals surface area contributed by atoms with Gasteiger partial charge >= 0.3 is 5.97 Å². The van der Waals surface area contributed by atoms with Crippen LogP contribution in [0.1, 0.15) is 21.7 Å². The van der Waals surface area contributed by atoms with Gasteiger partial charge < -0.3 is 16.2 Å². The number of pyridine rings is 1. The number of nitrogens with one attached hydrogen (secondary N) is 1. The van der Waals surface area contributed by atoms with Gasteiger partial charge in [-0.05, 0) is 11.6 Å². The third kappa shape index (κ3) is 4.08. The van der Waals surface area contributed by atoms with E-state index in [4.69, 9.17) is 10.8 Å². The number of carboxylic acids is 1. The molecule has 2 heterocycles. The molecule has 0 aromatic carbocycles. The molecule has 0 saturated carbocycles. The molecule has 0 fully saturated rings. The van der Waals surface area contributed by atoms with Crippen LogP contribution in [0, 0.1) is 0 Å². The number of amides is 1. The highest BCUT2D eigenvalue weighted by Gasteiger charge is 2.07. The molecule has 9 heteroatoms. The van der Waals surface area contributed by atoms with Gasteiger partial charge in [-0.2, -0.15) is 0 Å². The summed E-state index contributed by atoms with van der Waals surface area (Å²) in [4.78, 5) is 26.1. The summed E-state index contributed by atoms with van der Waals surface area (Å²) in [6.45, 7) is 0.557. The summed E-state index contributed by atoms with van der Waals surface area (Å²) in [5.74, 6) is -1.33. The lowest BCUT2D eigenvalue weighted by Crippen LogP contribution is -2.27. The summed E-state index contributed by atoms with van der Waals surface area (Å²) < 4.78 is 1.39. The molecule has 2 aromatic rings. The number of aromatic nitrogens is 4. The average molecular weight is 290 g/mol. The normalized spacial score (nSPS) is 10.3. The maximum absolute atomic E-state index is 11.7. The second-order valence-corrected chi connectivity index (χ2v) is 4.25. The first kappa shape index (κ1) is 14.6. The highest BCUT2D eigenvalue weighted by Crippen LogP contribution is 2.00. The van der Waals surface area contributed by atoms with Crippen LogP contribution in [0.15, 0.2) is 24.5 Å². The Labute approximate surface area is 119 Å². The van der Waals surface area contributed by atoms with Crippen molar-refractivity contribution in [2.75, 3.05) is 0 Å². The van der Waals surface area contributed by atoms with E-state index in [9.17, 15) is 9.59 Å². The van der Waals surface area contributed by atoms with E-state index in [0.717, 1.165) is 0 Å². The lowest BCUT2D eigenvalue weighted by atomic mass is 10.2. The zero-order valence-corrected chi connectivity index (χ0v) is 11.1. The number of nitrogens with two attached hydrogens (primary N) is 1. The first-order valence-corrected chi connectivity index (χ1v) is 6.12. The summed E-state index contributed by atoms with van der Waals surface area (Å²) in [5.41, 5.74) is 6.67. The second-order valence-electron chi connectivity index (χ2n) is 4.25. The van der Waals surface area contributed by atoms with Gasteiger partial charge in [0.15, 0.2) is 0 Å². The fraction of sp³-hybridized carbons (Fsp3) is 0.250. The molecule has 0 aliphatic rings. The van der Waals surface area contributed by atoms with Crippen LogP contribution in [0.5, 0.6) is 0 Å². The highest BCUT2D eigenvalue weighted by atomic mass is 16.4. The van der Waals surface area contributed by atoms with Gasteiger partial charge in [0.1, 0.15) is 12.2 Å². The number of carbonyl (C=O) groups excluding carboxylic acids is 1. The third-order valence-corrected chi connectivity index (χ3v) is 2.63. The highest BCUT2D eigenvalue weighted by molar-refractivity contribution is 5.85. The fourth-order valence-electron chi connectivity index (χ4n) is 1.57. The van der Waals surface area contributed by atoms with Crippen LogP contribution in [-0.4, -0.2) is 37.0 Å². The third-order valence-electron chi connectivity index (χ3n) is 2.63. The first-order chi connectivity index (χ1) is 10.1. The molecule has 110 valence electrons. The van der Waals surface area contributed by atoms with E-state index in [0.29, 0.717) is 11.3 Å². The summed E-state index contributed by atoms with van der Waals surface area (Å²) in [7, 11) is 0. The van der Waals surface area contributed by atoms with E-state index < -0.39 is 5.97 Å². The van der Waals surface area contributed by atoms with Gasteiger partial charge in [-0.15, -0.1) is 5.10 Å². The number of nitrogens with zero attached hydrogens (tertiary/aromatic N) is 4. The van der Waals surface area contributed by atoms with Crippen molar-refractivity contribution in [3.05, 3.63) is 41.5 Å². The van der Waals surface area contributed by atoms with Gasteiger partial charge in [0.05, 0.1) is 11.9 Å². The number of carbonyl (C=O) groups is 2. The number of carboxylic acid groups (broad SMARTS) is 1. The molecule has 0 saturated heterocycles. The standard InChI is InChI=1S/C12H14N6O3/c13-3-9-6-18(17-16-9)7-11(19)15-5-8-1-2-10(12(20)21)14-4-8/h1-2,4,6H,3,5,7,13H2,(H,15,19)(H,20,21). The topological polar surface area (TPSA) is 136 Å². The van der Waals surface area contributed by atoms with Crippen LogP contribution in [0.4, 0.5) is 0 Å². The molecular formula is C12H14N6O3. The predicted molar refractivity (Wildman–Crippen MR) is 71.0 cm³/mol. The molecule has 2 rings (SSSR count). The Bertz CT molecular complexity index is 637. The van der Waals surface area contributed by atoms with E-state index in [1.54, 1.807) is 12.3 Å². The Morgan fingerprint density at radius 2 is 2.19 bits per heavy atom. The van der Waals surface area contributed by atoms with E-state index in [1.807, 2.05) is 0 Å². The molecule has 0 atom stereocenters. The van der Waals surface area contributed by atoms with Gasteiger partial charge in [0.25, 0.3) is 0 Å². The quantitative estimate of drug-likeness (QED) is 0.630. The van der Waals surface area contributed by atoms with Gasteiger partial charge in [0.2, 0.25) is 5.91 Å². The van der Waals surface area contributed by atoms with Crippen molar-refractivity contribution in [2.24, 2.45) is 5.73 Å². The molecule has 21 heavy (non-hydrogen) atoms. The number of hydrogen-bond donors (Lipinski definition) is 3. The van der Waals surface area contributed by atoms with Crippen molar-refractivity contribution in [1.82, 2.24) is 25.3 Å². The zero-order valence-electron chi connectivity index (χ0n) is 11.1. The molecule has 0 unspecified atom stereocenters. The van der Waals surface area contributed by atoms with Gasteiger partial charge in [-0.3, -0.25) is 4.79 Å². The van der Waals surface area contributed by atoms with Crippen molar-refractivity contribution in [1.29, 1.82) is 0 Å². The molecule has 0 bridgehead atoms. The SMILES string of the molecule is NCc1cn(CC(=O)NCc2ccc(C(=O)O)nc2)nn1. The van der Waals surface area contributed by atoms with E-state index in [1.165, 1.54) is 16.9 Å². The summed E-state index contributed by atoms with van der Waals surface area (Å²) in [6.07, 6.45) is 3.01. The van der Waals surface area contributed by atoms with Crippen molar-refractivity contribution >= 4 is 11.9 Å². The van der Waals surface area contributed by atoms with Gasteiger partial charge in [-0.1, -0.05) is 11.3 Å². The second kappa shape index (κ2) is 6.57. The summed E-state index contributed by atoms with van der Waals surface area (Å²) in [5, 5.41) is 18.9. The Morgan fingerprint density at radius 1 is 1.38 bits per heavy atom. The molecule has 9 nitrogen and oxygen atoms in total. The Balaban J connectivity index is 1.84. The van der Waals surface area contributed by atoms with Crippen LogP contribution in [0.2, 0.25) is 0 Å². The summed E-state index contributed by atoms with van der Waals surface area (Å²) >= 11 is 0. The molecule has 2 aromatic heterocycles. The molecular weight excluding hydrogens is 276 g/mol. The predicted octanol–water partition coefficient (Wildman–Crippen LogP) is -0.854. The molecule has 0 aliphatic heterocycles. The summed E-state index contributed by atoms with van der Waals surface area (Å²) in [6, 6.07) is 2.98. The van der Waals surface area contributed by atoms with Crippen molar-refractivity contribution < 1.29 is 14.7 Å². The lowest BCUT2D eigenvalue weighted by Gasteiger charge is -2.05. The Kier molecular flexibility index (Phi) is 4.57. The van der Waals surface area contributed by atoms with Crippen LogP contribution >= 0.6 is 0 Å². The van der Waals surface area contributed by atoms with E-state index in [2.05, 4.69) is 20.6 Å². The van der Waals surface area contributed by atoms with Crippen LogP contribution < -0.4 is 11.1 Å². The van der Waals surface area contributed by atoms with Crippen molar-refractivity contribution in [2.45, 2.75) is 19.6 Å². The maximum Gasteiger partial charge on any atom is 0.354 e. The maximum atomic E-state index is 11.7. The largest absolute Gasteiger partial charge is 0.477 e. The van der Waals surface area contributed by atoms with Crippen LogP contribution in [-0.2, 0) is 24.4 Å². The van der Waals surface area contributed by atoms with Crippen molar-refractivity contribution in [3.63, 3.8) is 0 Å². The smallest absolute Gasteiger partial charge is 0.354 e. The molecule has 0 radical (unpaired) electrons. The number of aromatic carboxylic acids is 1. The minimum absolute atomic E-state index is 0.0354. The lowest BCUT2D eigenvalue weighted by molar-refractivity contribution is -0.122. The minimum atomic E-state index is -1.09. The van der Waals surface area contributed by atoms with E-state index in [-0.39, 0.29) is 31.2 Å². The number of hydrogen-bond acceptors (Lipinski definition) is 6. The van der Waals surface area contributed by atoms with Crippen LogP contribution in [0.3, 0.4) is 0 Å². The molecule has 4 N–H and O–H groups in total. The molecule has 1 amide bonds. The number of rotatable bonds is 6. The van der Waals surface area contributed by atoms with E-state index >= 15 is 0 Å². The van der Waals surface area contributed by atoms with Crippen LogP contribution in [0.25, 0.3) is 0 Å². The molecule has 0 spiro atoms. The molecule has 0 aliphatic carbocycles. The van der Waals surface area contributed by atoms with Gasteiger partial charge in [-0.25, -0.2) is 14.5 Å². The van der Waals surface area contributed by atoms with Crippen molar-refractivity contribution in [3.8, 4) is 0 Å². The first-order valence-electron chi connectivity index (χ1n) is 6.12. The monoisotopic (exact) mass is 290 g/mol. The Hall–Kier alpha value is -2.81.